The lowest BCUT2D eigenvalue weighted by atomic mass is 10.0. The Hall–Kier alpha value is -0.610. The molecule has 0 spiro atoms. The summed E-state index contributed by atoms with van der Waals surface area (Å²) in [5, 5.41) is 0. The molecule has 2 saturated heterocycles. The Balaban J connectivity index is 2.06. The predicted octanol–water partition coefficient (Wildman–Crippen LogP) is 0.505. The Morgan fingerprint density at radius 2 is 2.40 bits per heavy atom. The summed E-state index contributed by atoms with van der Waals surface area (Å²) in [4.78, 5) is 14.2. The van der Waals surface area contributed by atoms with Gasteiger partial charge in [0.15, 0.2) is 0 Å². The molecule has 4 nitrogen and oxygen atoms in total. The van der Waals surface area contributed by atoms with Crippen LogP contribution < -0.4 is 5.73 Å². The van der Waals surface area contributed by atoms with Gasteiger partial charge >= 0.3 is 0 Å². The molecule has 2 aliphatic heterocycles. The van der Waals surface area contributed by atoms with Crippen molar-refractivity contribution in [3.8, 4) is 0 Å². The fraction of sp³-hybridized carbons (Fsp3) is 0.909. The molecule has 0 aromatic heterocycles. The molecule has 0 aromatic carbocycles. The van der Waals surface area contributed by atoms with Crippen molar-refractivity contribution in [3.63, 3.8) is 0 Å². The van der Waals surface area contributed by atoms with Crippen LogP contribution in [0.25, 0.3) is 0 Å². The minimum Gasteiger partial charge on any atom is -0.365 e. The fourth-order valence-electron chi connectivity index (χ4n) is 2.60. The Morgan fingerprint density at radius 3 is 3.00 bits per heavy atom. The van der Waals surface area contributed by atoms with Crippen LogP contribution in [-0.2, 0) is 9.53 Å². The van der Waals surface area contributed by atoms with E-state index in [0.29, 0.717) is 13.2 Å². The predicted molar refractivity (Wildman–Crippen MR) is 57.4 cm³/mol. The topological polar surface area (TPSA) is 55.6 Å². The average molecular weight is 212 g/mol. The number of nitrogens with two attached hydrogens (primary N) is 1. The standard InChI is InChI=1S/C11H20N2O2/c1-11(5-3-7-15-11)10(14)13-6-2-4-9(13)8-12/h9H,2-8,12H2,1H3. The smallest absolute Gasteiger partial charge is 0.254 e. The summed E-state index contributed by atoms with van der Waals surface area (Å²) in [6.45, 7) is 4.04. The number of carbonyl (C=O) groups excluding carboxylic acids is 1. The molecule has 2 N–H and O–H groups in total. The first-order valence-corrected chi connectivity index (χ1v) is 5.82. The highest BCUT2D eigenvalue weighted by Gasteiger charge is 2.43. The van der Waals surface area contributed by atoms with Crippen molar-refractivity contribution in [1.29, 1.82) is 0 Å². The summed E-state index contributed by atoms with van der Waals surface area (Å²) in [5.74, 6) is 0.146. The van der Waals surface area contributed by atoms with E-state index in [1.165, 1.54) is 0 Å². The van der Waals surface area contributed by atoms with Crippen molar-refractivity contribution in [2.45, 2.75) is 44.2 Å². The normalized spacial score (nSPS) is 36.1. The molecule has 2 rings (SSSR count). The summed E-state index contributed by atoms with van der Waals surface area (Å²) in [5.41, 5.74) is 5.10. The molecule has 1 amide bonds. The van der Waals surface area contributed by atoms with Gasteiger partial charge in [0.05, 0.1) is 0 Å². The lowest BCUT2D eigenvalue weighted by Crippen LogP contribution is -2.50. The van der Waals surface area contributed by atoms with E-state index in [9.17, 15) is 4.79 Å². The molecule has 0 radical (unpaired) electrons. The molecule has 4 heteroatoms. The fourth-order valence-corrected chi connectivity index (χ4v) is 2.60. The minimum atomic E-state index is -0.572. The van der Waals surface area contributed by atoms with Crippen LogP contribution in [0.3, 0.4) is 0 Å². The van der Waals surface area contributed by atoms with E-state index in [4.69, 9.17) is 10.5 Å². The number of hydrogen-bond donors (Lipinski definition) is 1. The Morgan fingerprint density at radius 1 is 1.60 bits per heavy atom. The Labute approximate surface area is 90.8 Å². The van der Waals surface area contributed by atoms with Gasteiger partial charge in [0.25, 0.3) is 5.91 Å². The lowest BCUT2D eigenvalue weighted by molar-refractivity contribution is -0.151. The van der Waals surface area contributed by atoms with Gasteiger partial charge in [0.2, 0.25) is 0 Å². The van der Waals surface area contributed by atoms with Gasteiger partial charge in [-0.3, -0.25) is 4.79 Å². The van der Waals surface area contributed by atoms with E-state index >= 15 is 0 Å². The number of hydrogen-bond acceptors (Lipinski definition) is 3. The maximum Gasteiger partial charge on any atom is 0.254 e. The van der Waals surface area contributed by atoms with E-state index < -0.39 is 5.60 Å². The monoisotopic (exact) mass is 212 g/mol. The van der Waals surface area contributed by atoms with Crippen LogP contribution in [0.5, 0.6) is 0 Å². The molecule has 2 heterocycles. The third-order valence-electron chi connectivity index (χ3n) is 3.58. The molecule has 0 bridgehead atoms. The van der Waals surface area contributed by atoms with Crippen molar-refractivity contribution < 1.29 is 9.53 Å². The molecular weight excluding hydrogens is 192 g/mol. The van der Waals surface area contributed by atoms with Gasteiger partial charge in [0.1, 0.15) is 5.60 Å². The maximum absolute atomic E-state index is 12.3. The van der Waals surface area contributed by atoms with Crippen molar-refractivity contribution in [2.75, 3.05) is 19.7 Å². The van der Waals surface area contributed by atoms with Gasteiger partial charge in [-0.05, 0) is 32.6 Å². The molecule has 2 fully saturated rings. The number of ether oxygens (including phenoxy) is 1. The first-order chi connectivity index (χ1) is 7.17. The number of likely N-dealkylation sites (tertiary alicyclic amines) is 1. The van der Waals surface area contributed by atoms with Gasteiger partial charge in [0, 0.05) is 25.7 Å². The van der Waals surface area contributed by atoms with Crippen LogP contribution in [0.1, 0.15) is 32.6 Å². The number of amides is 1. The number of nitrogens with zero attached hydrogens (tertiary/aromatic N) is 1. The summed E-state index contributed by atoms with van der Waals surface area (Å²) < 4.78 is 5.58. The average Bonchev–Trinajstić information content (AvgIpc) is 2.85. The molecule has 0 saturated carbocycles. The van der Waals surface area contributed by atoms with Crippen molar-refractivity contribution in [1.82, 2.24) is 4.90 Å². The summed E-state index contributed by atoms with van der Waals surface area (Å²) in [6.07, 6.45) is 3.95. The molecule has 0 aliphatic carbocycles. The van der Waals surface area contributed by atoms with Gasteiger partial charge in [-0.1, -0.05) is 0 Å². The van der Waals surface area contributed by atoms with E-state index in [2.05, 4.69) is 0 Å². The summed E-state index contributed by atoms with van der Waals surface area (Å²) >= 11 is 0. The van der Waals surface area contributed by atoms with Crippen LogP contribution in [0.15, 0.2) is 0 Å². The summed E-state index contributed by atoms with van der Waals surface area (Å²) in [7, 11) is 0. The van der Waals surface area contributed by atoms with Gasteiger partial charge in [-0.25, -0.2) is 0 Å². The quantitative estimate of drug-likeness (QED) is 0.725. The Kier molecular flexibility index (Phi) is 2.98. The van der Waals surface area contributed by atoms with Crippen molar-refractivity contribution in [2.24, 2.45) is 5.73 Å². The zero-order valence-corrected chi connectivity index (χ0v) is 9.37. The molecule has 2 aliphatic rings. The van der Waals surface area contributed by atoms with Crippen LogP contribution in [0.2, 0.25) is 0 Å². The second kappa shape index (κ2) is 4.10. The van der Waals surface area contributed by atoms with E-state index in [0.717, 1.165) is 32.2 Å². The van der Waals surface area contributed by atoms with Crippen LogP contribution in [0.4, 0.5) is 0 Å². The third-order valence-corrected chi connectivity index (χ3v) is 3.58. The van der Waals surface area contributed by atoms with E-state index in [-0.39, 0.29) is 11.9 Å². The largest absolute Gasteiger partial charge is 0.365 e. The van der Waals surface area contributed by atoms with Crippen LogP contribution in [-0.4, -0.2) is 42.1 Å². The zero-order chi connectivity index (χ0) is 10.9. The van der Waals surface area contributed by atoms with E-state index in [1.807, 2.05) is 11.8 Å². The highest BCUT2D eigenvalue weighted by molar-refractivity contribution is 5.85. The van der Waals surface area contributed by atoms with Crippen molar-refractivity contribution >= 4 is 5.91 Å². The first-order valence-electron chi connectivity index (χ1n) is 5.82. The molecular formula is C11H20N2O2. The van der Waals surface area contributed by atoms with Gasteiger partial charge in [-0.2, -0.15) is 0 Å². The van der Waals surface area contributed by atoms with Crippen LogP contribution >= 0.6 is 0 Å². The molecule has 2 unspecified atom stereocenters. The second-order valence-electron chi connectivity index (χ2n) is 4.71. The van der Waals surface area contributed by atoms with Crippen molar-refractivity contribution in [3.05, 3.63) is 0 Å². The van der Waals surface area contributed by atoms with Crippen LogP contribution in [0, 0.1) is 0 Å². The molecule has 2 atom stereocenters. The molecule has 0 aromatic rings. The number of rotatable bonds is 2. The van der Waals surface area contributed by atoms with Gasteiger partial charge in [-0.15, -0.1) is 0 Å². The zero-order valence-electron chi connectivity index (χ0n) is 9.37. The maximum atomic E-state index is 12.3. The molecule has 15 heavy (non-hydrogen) atoms. The minimum absolute atomic E-state index is 0.146. The highest BCUT2D eigenvalue weighted by Crippen LogP contribution is 2.30. The number of carbonyl (C=O) groups is 1. The second-order valence-corrected chi connectivity index (χ2v) is 4.71. The SMILES string of the molecule is CC1(C(=O)N2CCCC2CN)CCCO1. The summed E-state index contributed by atoms with van der Waals surface area (Å²) in [6, 6.07) is 0.235. The first kappa shape index (κ1) is 10.9. The Bertz CT molecular complexity index is 249. The third kappa shape index (κ3) is 1.88. The van der Waals surface area contributed by atoms with E-state index in [1.54, 1.807) is 0 Å². The molecule has 86 valence electrons. The van der Waals surface area contributed by atoms with Gasteiger partial charge < -0.3 is 15.4 Å². The lowest BCUT2D eigenvalue weighted by Gasteiger charge is -2.31. The highest BCUT2D eigenvalue weighted by atomic mass is 16.5.